The zero-order valence-electron chi connectivity index (χ0n) is 37.2. The van der Waals surface area contributed by atoms with Crippen LogP contribution in [-0.4, -0.2) is 133 Å². The molecule has 5 aliphatic heterocycles. The van der Waals surface area contributed by atoms with Gasteiger partial charge in [-0.15, -0.1) is 5.10 Å². The predicted octanol–water partition coefficient (Wildman–Crippen LogP) is 3.28. The molecule has 1 aliphatic carbocycles. The van der Waals surface area contributed by atoms with Crippen LogP contribution in [0.25, 0.3) is 10.9 Å². The number of anilines is 1. The second-order valence-corrected chi connectivity index (χ2v) is 19.8. The Morgan fingerprint density at radius 1 is 0.970 bits per heavy atom. The van der Waals surface area contributed by atoms with Gasteiger partial charge in [-0.25, -0.2) is 10.0 Å². The maximum absolute atomic E-state index is 13.8. The molecule has 18 nitrogen and oxygen atoms in total. The van der Waals surface area contributed by atoms with Crippen LogP contribution in [0.3, 0.4) is 0 Å². The Hall–Kier alpha value is -5.97. The van der Waals surface area contributed by atoms with Crippen molar-refractivity contribution >= 4 is 51.9 Å². The lowest BCUT2D eigenvalue weighted by Gasteiger charge is -2.63. The van der Waals surface area contributed by atoms with Crippen LogP contribution in [0.4, 0.5) is 5.69 Å². The van der Waals surface area contributed by atoms with Crippen molar-refractivity contribution in [2.45, 2.75) is 89.3 Å². The molecule has 2 bridgehead atoms. The fourth-order valence-electron chi connectivity index (χ4n) is 11.3. The Morgan fingerprint density at radius 2 is 1.67 bits per heavy atom. The van der Waals surface area contributed by atoms with E-state index in [9.17, 15) is 39.4 Å². The van der Waals surface area contributed by atoms with Gasteiger partial charge in [0.25, 0.3) is 17.4 Å². The summed E-state index contributed by atoms with van der Waals surface area (Å²) in [5, 5.41) is 50.1. The number of halogens is 1. The summed E-state index contributed by atoms with van der Waals surface area (Å²) in [5.41, 5.74) is -0.150. The predicted molar refractivity (Wildman–Crippen MR) is 241 cm³/mol. The quantitative estimate of drug-likeness (QED) is 0.158. The lowest BCUT2D eigenvalue weighted by molar-refractivity contribution is -0.248. The molecule has 3 atom stereocenters. The van der Waals surface area contributed by atoms with Gasteiger partial charge in [0, 0.05) is 86.4 Å². The first kappa shape index (κ1) is 45.2. The second kappa shape index (κ2) is 17.0. The van der Waals surface area contributed by atoms with Crippen molar-refractivity contribution in [2.75, 3.05) is 50.7 Å². The minimum atomic E-state index is -1.25. The first-order valence-corrected chi connectivity index (χ1v) is 22.7. The lowest BCUT2D eigenvalue weighted by atomic mass is 9.49. The van der Waals surface area contributed by atoms with Gasteiger partial charge in [0.05, 0.1) is 27.6 Å². The largest absolute Gasteiger partial charge is 0.489 e. The molecule has 3 amide bonds. The number of ether oxygens (including phenoxy) is 1. The maximum atomic E-state index is 13.8. The number of amides is 3. The number of aliphatic carboxylic acids is 1. The van der Waals surface area contributed by atoms with Crippen molar-refractivity contribution in [3.63, 3.8) is 0 Å². The zero-order chi connectivity index (χ0) is 46.9. The molecular weight excluding hydrogens is 868 g/mol. The van der Waals surface area contributed by atoms with Gasteiger partial charge in [0.2, 0.25) is 5.91 Å². The molecule has 0 unspecified atom stereocenters. The van der Waals surface area contributed by atoms with E-state index in [0.717, 1.165) is 10.4 Å². The number of hydrogen-bond acceptors (Lipinski definition) is 14. The van der Waals surface area contributed by atoms with Gasteiger partial charge < -0.3 is 25.2 Å². The molecule has 5 saturated heterocycles. The summed E-state index contributed by atoms with van der Waals surface area (Å²) < 4.78 is 7.34. The molecule has 6 fully saturated rings. The van der Waals surface area contributed by atoms with Crippen LogP contribution in [-0.2, 0) is 14.4 Å². The number of piperazine rings is 1. The molecule has 0 spiro atoms. The minimum absolute atomic E-state index is 0.0410. The average molecular weight is 921 g/mol. The van der Waals surface area contributed by atoms with E-state index in [2.05, 4.69) is 64.5 Å². The molecule has 1 aromatic heterocycles. The van der Waals surface area contributed by atoms with Crippen molar-refractivity contribution in [3.8, 4) is 11.8 Å². The highest BCUT2D eigenvalue weighted by Crippen LogP contribution is 2.55. The molecule has 4 N–H and O–H groups in total. The van der Waals surface area contributed by atoms with Gasteiger partial charge in [-0.3, -0.25) is 34.2 Å². The zero-order valence-corrected chi connectivity index (χ0v) is 38.0. The molecule has 0 radical (unpaired) electrons. The Morgan fingerprint density at radius 3 is 2.30 bits per heavy atom. The third-order valence-electron chi connectivity index (χ3n) is 14.6. The van der Waals surface area contributed by atoms with E-state index in [0.29, 0.717) is 86.1 Å². The smallest absolute Gasteiger partial charge is 0.326 e. The number of hydrazine groups is 1. The summed E-state index contributed by atoms with van der Waals surface area (Å²) in [6.45, 7) is 12.3. The fourth-order valence-corrected chi connectivity index (χ4v) is 11.5. The van der Waals surface area contributed by atoms with Gasteiger partial charge in [-0.2, -0.15) is 9.94 Å². The number of carboxylic acid groups (broad SMARTS) is 1. The van der Waals surface area contributed by atoms with Crippen molar-refractivity contribution in [1.29, 1.82) is 5.26 Å². The van der Waals surface area contributed by atoms with E-state index < -0.39 is 57.9 Å². The second-order valence-electron chi connectivity index (χ2n) is 19.4. The summed E-state index contributed by atoms with van der Waals surface area (Å²) in [5.74, 6) is -1.85. The number of rotatable bonds is 11. The highest BCUT2D eigenvalue weighted by Gasteiger charge is 2.64. The Bertz CT molecular complexity index is 2690. The SMILES string of the molecule is CC1(C)C(NC(=O)c2ccc(N3CCN(C[C@H]4N([C@@H](C(=O)O)c5ccc6nnn([C@@H]7CCC(=O)NC7=O)c(=O)c6c5)N5CCC4(O)CC5)CC3)cc2)C(C)(C)C1Oc1ccc(C#N)c(Cl)c1. The molecule has 6 aliphatic rings. The number of fused-ring (bicyclic) bond motifs is 4. The summed E-state index contributed by atoms with van der Waals surface area (Å²) in [6, 6.07) is 16.3. The van der Waals surface area contributed by atoms with Crippen molar-refractivity contribution in [3.05, 3.63) is 92.7 Å². The van der Waals surface area contributed by atoms with Crippen LogP contribution in [0, 0.1) is 22.2 Å². The third-order valence-corrected chi connectivity index (χ3v) is 14.9. The Balaban J connectivity index is 0.854. The lowest BCUT2D eigenvalue weighted by Crippen LogP contribution is -2.74. The van der Waals surface area contributed by atoms with Crippen molar-refractivity contribution in [2.24, 2.45) is 10.8 Å². The number of hydrogen-bond donors (Lipinski definition) is 4. The average Bonchev–Trinajstić information content (AvgIpc) is 3.29. The van der Waals surface area contributed by atoms with E-state index in [-0.39, 0.29) is 41.8 Å². The summed E-state index contributed by atoms with van der Waals surface area (Å²) in [7, 11) is 0. The number of imide groups is 1. The molecule has 346 valence electrons. The van der Waals surface area contributed by atoms with Crippen molar-refractivity contribution in [1.82, 2.24) is 40.5 Å². The molecule has 4 aromatic rings. The topological polar surface area (TPSA) is 227 Å². The number of benzene rings is 3. The van der Waals surface area contributed by atoms with E-state index in [1.807, 2.05) is 29.3 Å². The van der Waals surface area contributed by atoms with Crippen LogP contribution in [0.5, 0.6) is 5.75 Å². The highest BCUT2D eigenvalue weighted by molar-refractivity contribution is 6.31. The number of carboxylic acids is 1. The van der Waals surface area contributed by atoms with Gasteiger partial charge in [0.15, 0.2) is 0 Å². The number of nitrogens with one attached hydrogen (secondary N) is 2. The van der Waals surface area contributed by atoms with Gasteiger partial charge in [0.1, 0.15) is 35.5 Å². The number of aromatic nitrogens is 3. The minimum Gasteiger partial charge on any atom is -0.489 e. The molecule has 66 heavy (non-hydrogen) atoms. The number of nitrogens with zero attached hydrogens (tertiary/aromatic N) is 8. The van der Waals surface area contributed by atoms with Crippen LogP contribution < -0.4 is 25.8 Å². The van der Waals surface area contributed by atoms with E-state index in [1.165, 1.54) is 6.07 Å². The van der Waals surface area contributed by atoms with Gasteiger partial charge >= 0.3 is 5.97 Å². The first-order chi connectivity index (χ1) is 31.4. The molecule has 1 saturated carbocycles. The molecule has 10 rings (SSSR count). The van der Waals surface area contributed by atoms with Crippen LogP contribution in [0.2, 0.25) is 5.02 Å². The number of aliphatic hydroxyl groups is 1. The number of carbonyl (C=O) groups is 4. The van der Waals surface area contributed by atoms with E-state index in [1.54, 1.807) is 35.3 Å². The number of nitriles is 1. The van der Waals surface area contributed by atoms with E-state index in [4.69, 9.17) is 16.3 Å². The molecule has 6 heterocycles. The van der Waals surface area contributed by atoms with Crippen LogP contribution in [0.15, 0.2) is 65.5 Å². The molecular formula is C47H53ClN10O8. The summed E-state index contributed by atoms with van der Waals surface area (Å²) in [6.07, 6.45) is 0.874. The van der Waals surface area contributed by atoms with E-state index >= 15 is 0 Å². The summed E-state index contributed by atoms with van der Waals surface area (Å²) in [4.78, 5) is 69.6. The standard InChI is InChI=1S/C47H53ClN10O8/c1-45(2)43(46(3,4)44(45)66-31-11-7-29(25-49)33(48)24-31)51-39(60)27-5-9-30(10-6-27)55-21-19-54(20-22-55)26-36-47(65)15-17-56(18-16-47)58(36)38(42(63)64)28-8-12-34-32(23-28)41(62)57(53-52-34)35-13-14-37(59)50-40(35)61/h5-12,23-24,35-36,38,43-44,65H,13-22,26H2,1-4H3,(H,51,60)(H,63,64)(H,50,59,61)/t35-,36-,38-,43?,44?/m1/s1. The van der Waals surface area contributed by atoms with Crippen molar-refractivity contribution < 1.29 is 34.1 Å². The number of piperidine rings is 2. The monoisotopic (exact) mass is 920 g/mol. The van der Waals surface area contributed by atoms with Crippen LogP contribution in [0.1, 0.15) is 86.9 Å². The highest BCUT2D eigenvalue weighted by atomic mass is 35.5. The molecule has 3 aromatic carbocycles. The maximum Gasteiger partial charge on any atom is 0.326 e. The third kappa shape index (κ3) is 7.96. The number of carbonyl (C=O) groups excluding carboxylic acids is 3. The van der Waals surface area contributed by atoms with Gasteiger partial charge in [-0.1, -0.05) is 50.6 Å². The normalized spacial score (nSPS) is 27.7. The Labute approximate surface area is 386 Å². The first-order valence-electron chi connectivity index (χ1n) is 22.4. The molecule has 19 heteroatoms. The Kier molecular flexibility index (Phi) is 11.7. The van der Waals surface area contributed by atoms with Crippen LogP contribution >= 0.6 is 11.6 Å². The fraction of sp³-hybridized carbons (Fsp3) is 0.489. The van der Waals surface area contributed by atoms with Gasteiger partial charge in [-0.05, 0) is 73.4 Å². The summed E-state index contributed by atoms with van der Waals surface area (Å²) >= 11 is 6.27.